The Labute approximate surface area is 95.3 Å². The van der Waals surface area contributed by atoms with Gasteiger partial charge in [0.1, 0.15) is 6.61 Å². The van der Waals surface area contributed by atoms with Crippen LogP contribution in [-0.4, -0.2) is 22.8 Å². The number of rotatable bonds is 5. The standard InChI is InChI=1S/C11H19N3O2/c1-2-5-15-7-10-13-11(16-14-10)8-3-4-9(12)6-8/h8-9H,2-7,12H2,1H3/t8-,9+/m1/s1. The van der Waals surface area contributed by atoms with E-state index < -0.39 is 0 Å². The first-order valence-corrected chi connectivity index (χ1v) is 5.95. The predicted octanol–water partition coefficient (Wildman–Crippen LogP) is 1.59. The van der Waals surface area contributed by atoms with E-state index in [1.807, 2.05) is 0 Å². The lowest BCUT2D eigenvalue weighted by Crippen LogP contribution is -2.14. The molecular formula is C11H19N3O2. The molecule has 2 rings (SSSR count). The van der Waals surface area contributed by atoms with E-state index in [0.717, 1.165) is 38.2 Å². The zero-order valence-electron chi connectivity index (χ0n) is 9.69. The summed E-state index contributed by atoms with van der Waals surface area (Å²) in [6.45, 7) is 3.25. The van der Waals surface area contributed by atoms with Crippen molar-refractivity contribution in [1.82, 2.24) is 10.1 Å². The molecule has 0 amide bonds. The smallest absolute Gasteiger partial charge is 0.229 e. The number of hydrogen-bond acceptors (Lipinski definition) is 5. The van der Waals surface area contributed by atoms with Crippen molar-refractivity contribution in [2.24, 2.45) is 5.73 Å². The largest absolute Gasteiger partial charge is 0.373 e. The Morgan fingerprint density at radius 3 is 3.06 bits per heavy atom. The van der Waals surface area contributed by atoms with E-state index in [0.29, 0.717) is 18.3 Å². The highest BCUT2D eigenvalue weighted by Crippen LogP contribution is 2.32. The van der Waals surface area contributed by atoms with E-state index in [4.69, 9.17) is 15.0 Å². The van der Waals surface area contributed by atoms with Crippen molar-refractivity contribution in [3.63, 3.8) is 0 Å². The molecule has 1 aromatic rings. The topological polar surface area (TPSA) is 74.2 Å². The second kappa shape index (κ2) is 5.41. The maximum atomic E-state index is 5.85. The molecule has 5 nitrogen and oxygen atoms in total. The van der Waals surface area contributed by atoms with Crippen LogP contribution in [0.25, 0.3) is 0 Å². The van der Waals surface area contributed by atoms with Crippen LogP contribution >= 0.6 is 0 Å². The molecule has 5 heteroatoms. The van der Waals surface area contributed by atoms with Gasteiger partial charge in [-0.2, -0.15) is 4.98 Å². The first-order chi connectivity index (χ1) is 7.79. The molecule has 0 unspecified atom stereocenters. The molecule has 0 radical (unpaired) electrons. The molecule has 0 spiro atoms. The lowest BCUT2D eigenvalue weighted by Gasteiger charge is -2.01. The summed E-state index contributed by atoms with van der Waals surface area (Å²) in [5.41, 5.74) is 5.85. The van der Waals surface area contributed by atoms with E-state index in [-0.39, 0.29) is 6.04 Å². The molecule has 2 N–H and O–H groups in total. The molecule has 1 fully saturated rings. The van der Waals surface area contributed by atoms with Gasteiger partial charge in [0.2, 0.25) is 5.89 Å². The summed E-state index contributed by atoms with van der Waals surface area (Å²) in [6.07, 6.45) is 4.06. The van der Waals surface area contributed by atoms with E-state index in [9.17, 15) is 0 Å². The van der Waals surface area contributed by atoms with Gasteiger partial charge >= 0.3 is 0 Å². The third kappa shape index (κ3) is 2.80. The Balaban J connectivity index is 1.87. The molecule has 1 aliphatic rings. The Kier molecular flexibility index (Phi) is 3.90. The molecule has 1 aliphatic carbocycles. The maximum Gasteiger partial charge on any atom is 0.229 e. The Morgan fingerprint density at radius 2 is 2.38 bits per heavy atom. The van der Waals surface area contributed by atoms with Gasteiger partial charge in [-0.05, 0) is 25.7 Å². The van der Waals surface area contributed by atoms with Gasteiger partial charge in [0.15, 0.2) is 5.82 Å². The third-order valence-corrected chi connectivity index (χ3v) is 2.89. The van der Waals surface area contributed by atoms with Crippen molar-refractivity contribution in [2.75, 3.05) is 6.61 Å². The number of nitrogens with zero attached hydrogens (tertiary/aromatic N) is 2. The monoisotopic (exact) mass is 225 g/mol. The highest BCUT2D eigenvalue weighted by Gasteiger charge is 2.27. The van der Waals surface area contributed by atoms with Crippen LogP contribution < -0.4 is 5.73 Å². The van der Waals surface area contributed by atoms with Gasteiger partial charge in [-0.15, -0.1) is 0 Å². The SMILES string of the molecule is CCCOCc1noc([C@@H]2CC[C@H](N)C2)n1. The van der Waals surface area contributed by atoms with Gasteiger partial charge in [0.25, 0.3) is 0 Å². The second-order valence-electron chi connectivity index (χ2n) is 4.37. The molecule has 1 aromatic heterocycles. The van der Waals surface area contributed by atoms with Gasteiger partial charge in [-0.25, -0.2) is 0 Å². The van der Waals surface area contributed by atoms with Crippen molar-refractivity contribution >= 4 is 0 Å². The zero-order chi connectivity index (χ0) is 11.4. The minimum atomic E-state index is 0.289. The summed E-state index contributed by atoms with van der Waals surface area (Å²) in [5.74, 6) is 1.72. The fraction of sp³-hybridized carbons (Fsp3) is 0.818. The first kappa shape index (κ1) is 11.5. The van der Waals surface area contributed by atoms with E-state index >= 15 is 0 Å². The second-order valence-corrected chi connectivity index (χ2v) is 4.37. The highest BCUT2D eigenvalue weighted by molar-refractivity contribution is 4.98. The van der Waals surface area contributed by atoms with E-state index in [1.54, 1.807) is 0 Å². The van der Waals surface area contributed by atoms with Gasteiger partial charge in [0, 0.05) is 18.6 Å². The summed E-state index contributed by atoms with van der Waals surface area (Å²) >= 11 is 0. The van der Waals surface area contributed by atoms with Crippen LogP contribution in [0.4, 0.5) is 0 Å². The fourth-order valence-corrected chi connectivity index (χ4v) is 2.04. The lowest BCUT2D eigenvalue weighted by atomic mass is 10.1. The average Bonchev–Trinajstić information content (AvgIpc) is 2.87. The van der Waals surface area contributed by atoms with Crippen LogP contribution in [0.15, 0.2) is 4.52 Å². The van der Waals surface area contributed by atoms with Crippen molar-refractivity contribution in [1.29, 1.82) is 0 Å². The molecule has 90 valence electrons. The van der Waals surface area contributed by atoms with E-state index in [2.05, 4.69) is 17.1 Å². The summed E-state index contributed by atoms with van der Waals surface area (Å²) < 4.78 is 10.6. The van der Waals surface area contributed by atoms with Crippen LogP contribution in [0.3, 0.4) is 0 Å². The Bertz CT molecular complexity index is 327. The average molecular weight is 225 g/mol. The summed E-state index contributed by atoms with van der Waals surface area (Å²) in [7, 11) is 0. The highest BCUT2D eigenvalue weighted by atomic mass is 16.5. The number of ether oxygens (including phenoxy) is 1. The lowest BCUT2D eigenvalue weighted by molar-refractivity contribution is 0.114. The van der Waals surface area contributed by atoms with Crippen LogP contribution in [0.2, 0.25) is 0 Å². The molecule has 0 bridgehead atoms. The van der Waals surface area contributed by atoms with Gasteiger partial charge in [-0.1, -0.05) is 12.1 Å². The molecule has 0 saturated heterocycles. The quantitative estimate of drug-likeness (QED) is 0.770. The molecule has 1 heterocycles. The van der Waals surface area contributed by atoms with Crippen molar-refractivity contribution < 1.29 is 9.26 Å². The molecule has 2 atom stereocenters. The predicted molar refractivity (Wildman–Crippen MR) is 58.8 cm³/mol. The molecule has 0 aromatic carbocycles. The molecule has 0 aliphatic heterocycles. The van der Waals surface area contributed by atoms with E-state index in [1.165, 1.54) is 0 Å². The van der Waals surface area contributed by atoms with Crippen molar-refractivity contribution in [2.45, 2.75) is 51.2 Å². The maximum absolute atomic E-state index is 5.85. The van der Waals surface area contributed by atoms with Crippen molar-refractivity contribution in [3.05, 3.63) is 11.7 Å². The van der Waals surface area contributed by atoms with Crippen LogP contribution in [0.1, 0.15) is 50.2 Å². The minimum absolute atomic E-state index is 0.289. The van der Waals surface area contributed by atoms with Crippen LogP contribution in [0.5, 0.6) is 0 Å². The summed E-state index contributed by atoms with van der Waals surface area (Å²) in [5, 5.41) is 3.91. The van der Waals surface area contributed by atoms with Crippen LogP contribution in [0, 0.1) is 0 Å². The first-order valence-electron chi connectivity index (χ1n) is 5.95. The molecule has 1 saturated carbocycles. The Hall–Kier alpha value is -0.940. The normalized spacial score (nSPS) is 25.1. The minimum Gasteiger partial charge on any atom is -0.373 e. The number of aromatic nitrogens is 2. The molecule has 16 heavy (non-hydrogen) atoms. The summed E-state index contributed by atoms with van der Waals surface area (Å²) in [4.78, 5) is 4.34. The number of hydrogen-bond donors (Lipinski definition) is 1. The third-order valence-electron chi connectivity index (χ3n) is 2.89. The van der Waals surface area contributed by atoms with Gasteiger partial charge in [0.05, 0.1) is 0 Å². The zero-order valence-corrected chi connectivity index (χ0v) is 9.69. The molecular weight excluding hydrogens is 206 g/mol. The van der Waals surface area contributed by atoms with Crippen molar-refractivity contribution in [3.8, 4) is 0 Å². The van der Waals surface area contributed by atoms with Crippen LogP contribution in [-0.2, 0) is 11.3 Å². The summed E-state index contributed by atoms with van der Waals surface area (Å²) in [6, 6.07) is 0.289. The number of nitrogens with two attached hydrogens (primary N) is 1. The van der Waals surface area contributed by atoms with Gasteiger partial charge < -0.3 is 15.0 Å². The Morgan fingerprint density at radius 1 is 1.50 bits per heavy atom. The fourth-order valence-electron chi connectivity index (χ4n) is 2.04. The van der Waals surface area contributed by atoms with Gasteiger partial charge in [-0.3, -0.25) is 0 Å².